The topological polar surface area (TPSA) is 119 Å². The van der Waals surface area contributed by atoms with Gasteiger partial charge in [-0.3, -0.25) is 4.79 Å². The number of halogens is 1. The third kappa shape index (κ3) is 4.87. The summed E-state index contributed by atoms with van der Waals surface area (Å²) in [4.78, 5) is 33.3. The molecule has 1 amide bonds. The van der Waals surface area contributed by atoms with Crippen LogP contribution in [0, 0.1) is 0 Å². The first kappa shape index (κ1) is 27.1. The highest BCUT2D eigenvalue weighted by Gasteiger charge is 2.49. The molecule has 1 aliphatic heterocycles. The lowest BCUT2D eigenvalue weighted by molar-refractivity contribution is 0.0946. The second kappa shape index (κ2) is 10.6. The number of carbonyl (C=O) groups excluding carboxylic acids is 1. The van der Waals surface area contributed by atoms with Crippen LogP contribution in [-0.4, -0.2) is 45.4 Å². The summed E-state index contributed by atoms with van der Waals surface area (Å²) in [7, 11) is -2.10. The summed E-state index contributed by atoms with van der Waals surface area (Å²) in [6.45, 7) is 14.2. The maximum atomic E-state index is 12.2. The van der Waals surface area contributed by atoms with Gasteiger partial charge in [-0.2, -0.15) is 4.98 Å². The van der Waals surface area contributed by atoms with Crippen LogP contribution < -0.4 is 15.6 Å². The van der Waals surface area contributed by atoms with E-state index in [9.17, 15) is 4.79 Å². The molecule has 0 saturated heterocycles. The van der Waals surface area contributed by atoms with Crippen molar-refractivity contribution < 1.29 is 13.9 Å². The number of oxazole rings is 1. The molecular formula is C28H33ClN6O3Si. The molecule has 0 aliphatic carbocycles. The Bertz CT molecular complexity index is 1490. The van der Waals surface area contributed by atoms with Crippen molar-refractivity contribution in [2.24, 2.45) is 0 Å². The van der Waals surface area contributed by atoms with Crippen LogP contribution in [0.25, 0.3) is 22.6 Å². The Morgan fingerprint density at radius 2 is 1.74 bits per heavy atom. The molecule has 2 N–H and O–H groups in total. The Hall–Kier alpha value is -3.50. The van der Waals surface area contributed by atoms with E-state index in [0.29, 0.717) is 45.9 Å². The Balaban J connectivity index is 1.49. The summed E-state index contributed by atoms with van der Waals surface area (Å²) in [6.07, 6.45) is 5.71. The third-order valence-electron chi connectivity index (χ3n) is 7.78. The van der Waals surface area contributed by atoms with E-state index in [2.05, 4.69) is 66.8 Å². The monoisotopic (exact) mass is 564 g/mol. The summed E-state index contributed by atoms with van der Waals surface area (Å²) < 4.78 is 12.6. The summed E-state index contributed by atoms with van der Waals surface area (Å²) in [5, 5.41) is 2.91. The number of nitrogens with zero attached hydrogens (tertiary/aromatic N) is 4. The molecule has 5 rings (SSSR count). The normalized spacial score (nSPS) is 13.7. The van der Waals surface area contributed by atoms with E-state index in [4.69, 9.17) is 25.7 Å². The van der Waals surface area contributed by atoms with E-state index in [1.807, 2.05) is 12.1 Å². The van der Waals surface area contributed by atoms with Gasteiger partial charge in [-0.25, -0.2) is 15.0 Å². The Morgan fingerprint density at radius 3 is 2.44 bits per heavy atom. The maximum Gasteiger partial charge on any atom is 0.253 e. The van der Waals surface area contributed by atoms with Crippen molar-refractivity contribution in [1.29, 1.82) is 0 Å². The fourth-order valence-electron chi connectivity index (χ4n) is 6.11. The SMILES string of the molecule is CC(C)[Si](c1ncc(-c2cnc(Cl)nc2Oc2cc(-c3cc4c([nH]3)CCNC4=O)ccn2)o1)(C(C)C)C(C)C. The van der Waals surface area contributed by atoms with Crippen LogP contribution >= 0.6 is 11.6 Å². The van der Waals surface area contributed by atoms with Gasteiger partial charge < -0.3 is 19.5 Å². The molecule has 4 aromatic rings. The molecule has 39 heavy (non-hydrogen) atoms. The standard InChI is InChI=1S/C28H33ClN6O3Si/c1-15(2)39(16(3)4,17(5)6)28-33-14-23(37-28)20-13-32-27(29)35-26(20)38-24-11-18(7-9-30-24)22-12-19-21(34-22)8-10-31-25(19)36/h7,9,11-17,34H,8,10H2,1-6H3,(H,31,36). The van der Waals surface area contributed by atoms with Crippen LogP contribution in [0.4, 0.5) is 0 Å². The van der Waals surface area contributed by atoms with E-state index in [-0.39, 0.29) is 17.1 Å². The van der Waals surface area contributed by atoms with Crippen molar-refractivity contribution in [2.45, 2.75) is 64.6 Å². The fourth-order valence-corrected chi connectivity index (χ4v) is 12.3. The minimum absolute atomic E-state index is 0.0444. The highest BCUT2D eigenvalue weighted by Crippen LogP contribution is 2.42. The zero-order valence-corrected chi connectivity index (χ0v) is 24.8. The average molecular weight is 565 g/mol. The van der Waals surface area contributed by atoms with Crippen LogP contribution in [0.1, 0.15) is 57.6 Å². The van der Waals surface area contributed by atoms with Crippen LogP contribution in [0.15, 0.2) is 41.2 Å². The van der Waals surface area contributed by atoms with Gasteiger partial charge in [0, 0.05) is 48.4 Å². The molecule has 0 bridgehead atoms. The van der Waals surface area contributed by atoms with Gasteiger partial charge in [-0.1, -0.05) is 41.5 Å². The predicted octanol–water partition coefficient (Wildman–Crippen LogP) is 6.14. The summed E-state index contributed by atoms with van der Waals surface area (Å²) in [5.74, 6) is 0.985. The molecule has 4 aromatic heterocycles. The molecule has 204 valence electrons. The van der Waals surface area contributed by atoms with E-state index in [1.54, 1.807) is 24.7 Å². The van der Waals surface area contributed by atoms with Gasteiger partial charge >= 0.3 is 0 Å². The summed E-state index contributed by atoms with van der Waals surface area (Å²) >= 11 is 6.17. The molecule has 0 aromatic carbocycles. The van der Waals surface area contributed by atoms with E-state index in [0.717, 1.165) is 28.9 Å². The number of ether oxygens (including phenoxy) is 1. The highest BCUT2D eigenvalue weighted by atomic mass is 35.5. The lowest BCUT2D eigenvalue weighted by Gasteiger charge is -2.39. The zero-order valence-electron chi connectivity index (χ0n) is 23.0. The number of nitrogens with one attached hydrogen (secondary N) is 2. The molecule has 0 saturated carbocycles. The number of amides is 1. The number of aromatic nitrogens is 5. The van der Waals surface area contributed by atoms with E-state index < -0.39 is 8.07 Å². The minimum atomic E-state index is -2.10. The van der Waals surface area contributed by atoms with Gasteiger partial charge in [0.05, 0.1) is 17.3 Å². The van der Waals surface area contributed by atoms with Gasteiger partial charge in [-0.05, 0) is 40.4 Å². The van der Waals surface area contributed by atoms with Crippen molar-refractivity contribution >= 4 is 31.1 Å². The number of hydrogen-bond donors (Lipinski definition) is 2. The summed E-state index contributed by atoms with van der Waals surface area (Å²) in [6, 6.07) is 5.49. The minimum Gasteiger partial charge on any atom is -0.445 e. The van der Waals surface area contributed by atoms with Crippen LogP contribution in [-0.2, 0) is 6.42 Å². The van der Waals surface area contributed by atoms with Crippen LogP contribution in [0.3, 0.4) is 0 Å². The Morgan fingerprint density at radius 1 is 1.00 bits per heavy atom. The Kier molecular flexibility index (Phi) is 7.34. The van der Waals surface area contributed by atoms with Crippen molar-refractivity contribution in [3.8, 4) is 34.3 Å². The van der Waals surface area contributed by atoms with E-state index >= 15 is 0 Å². The van der Waals surface area contributed by atoms with Gasteiger partial charge in [-0.15, -0.1) is 0 Å². The number of pyridine rings is 1. The fraction of sp³-hybridized carbons (Fsp3) is 0.393. The number of aromatic amines is 1. The second-order valence-electron chi connectivity index (χ2n) is 10.9. The quantitative estimate of drug-likeness (QED) is 0.195. The van der Waals surface area contributed by atoms with E-state index in [1.165, 1.54) is 0 Å². The Labute approximate surface area is 233 Å². The lowest BCUT2D eigenvalue weighted by atomic mass is 10.1. The third-order valence-corrected chi connectivity index (χ3v) is 14.7. The average Bonchev–Trinajstić information content (AvgIpc) is 3.53. The van der Waals surface area contributed by atoms with Gasteiger partial charge in [0.15, 0.2) is 19.3 Å². The largest absolute Gasteiger partial charge is 0.445 e. The number of H-pyrrole nitrogens is 1. The zero-order chi connectivity index (χ0) is 27.9. The van der Waals surface area contributed by atoms with Crippen LogP contribution in [0.5, 0.6) is 11.8 Å². The molecule has 1 aliphatic rings. The number of rotatable bonds is 8. The number of fused-ring (bicyclic) bond motifs is 1. The van der Waals surface area contributed by atoms with Gasteiger partial charge in [0.1, 0.15) is 0 Å². The molecule has 0 atom stereocenters. The van der Waals surface area contributed by atoms with Crippen molar-refractivity contribution in [2.75, 3.05) is 6.54 Å². The first-order valence-corrected chi connectivity index (χ1v) is 15.9. The van der Waals surface area contributed by atoms with Crippen molar-refractivity contribution in [3.63, 3.8) is 0 Å². The smallest absolute Gasteiger partial charge is 0.253 e. The van der Waals surface area contributed by atoms with Crippen molar-refractivity contribution in [1.82, 2.24) is 30.2 Å². The van der Waals surface area contributed by atoms with Crippen LogP contribution in [0.2, 0.25) is 21.9 Å². The molecule has 0 spiro atoms. The number of carbonyl (C=O) groups is 1. The molecule has 0 fully saturated rings. The molecule has 11 heteroatoms. The van der Waals surface area contributed by atoms with Crippen molar-refractivity contribution in [3.05, 3.63) is 53.3 Å². The van der Waals surface area contributed by atoms with Gasteiger partial charge in [0.2, 0.25) is 17.0 Å². The number of hydrogen-bond acceptors (Lipinski definition) is 7. The highest BCUT2D eigenvalue weighted by molar-refractivity contribution is 6.93. The maximum absolute atomic E-state index is 12.2. The second-order valence-corrected chi connectivity index (χ2v) is 16.9. The van der Waals surface area contributed by atoms with Gasteiger partial charge in [0.25, 0.3) is 5.91 Å². The molecule has 0 unspecified atom stereocenters. The lowest BCUT2D eigenvalue weighted by Crippen LogP contribution is -2.56. The molecule has 9 nitrogen and oxygen atoms in total. The first-order chi connectivity index (χ1) is 18.6. The first-order valence-electron chi connectivity index (χ1n) is 13.2. The molecule has 0 radical (unpaired) electrons. The summed E-state index contributed by atoms with van der Waals surface area (Å²) in [5.41, 5.74) is 5.89. The predicted molar refractivity (Wildman–Crippen MR) is 153 cm³/mol. The molecule has 5 heterocycles. The molecular weight excluding hydrogens is 532 g/mol.